The number of alkyl halides is 2. The maximum atomic E-state index is 13.2. The number of aromatic nitrogens is 5. The Morgan fingerprint density at radius 3 is 2.75 bits per heavy atom. The van der Waals surface area contributed by atoms with Gasteiger partial charge in [0.25, 0.3) is 6.43 Å². The van der Waals surface area contributed by atoms with Crippen molar-refractivity contribution in [3.05, 3.63) is 58.7 Å². The van der Waals surface area contributed by atoms with Crippen LogP contribution < -0.4 is 9.64 Å². The van der Waals surface area contributed by atoms with Gasteiger partial charge in [0, 0.05) is 18.0 Å². The predicted octanol–water partition coefficient (Wildman–Crippen LogP) is 4.77. The number of hydrogen-bond donors (Lipinski definition) is 0. The molecule has 10 heteroatoms. The molecule has 0 saturated heterocycles. The Morgan fingerprint density at radius 1 is 1.12 bits per heavy atom. The number of anilines is 1. The molecule has 3 aromatic heterocycles. The Morgan fingerprint density at radius 2 is 1.97 bits per heavy atom. The first-order valence-corrected chi connectivity index (χ1v) is 11.4. The van der Waals surface area contributed by atoms with E-state index in [9.17, 15) is 8.78 Å². The second-order valence-electron chi connectivity index (χ2n) is 7.60. The van der Waals surface area contributed by atoms with E-state index in [0.717, 1.165) is 34.6 Å². The number of rotatable bonds is 7. The SMILES string of the molecule is CCCc1cc2c(N3CCn4c(nnc4C(F)F)C3)nc(COc3ccccc3)nc2s1. The number of aryl methyl sites for hydroxylation is 1. The summed E-state index contributed by atoms with van der Waals surface area (Å²) in [7, 11) is 0. The fourth-order valence-electron chi connectivity index (χ4n) is 3.86. The van der Waals surface area contributed by atoms with E-state index in [4.69, 9.17) is 14.7 Å². The Bertz CT molecular complexity index is 1230. The van der Waals surface area contributed by atoms with Crippen molar-refractivity contribution >= 4 is 27.4 Å². The van der Waals surface area contributed by atoms with Gasteiger partial charge in [0.15, 0.2) is 17.5 Å². The van der Waals surface area contributed by atoms with Gasteiger partial charge in [0.2, 0.25) is 0 Å². The summed E-state index contributed by atoms with van der Waals surface area (Å²) in [6, 6.07) is 11.7. The molecule has 0 radical (unpaired) electrons. The van der Waals surface area contributed by atoms with Crippen molar-refractivity contribution in [1.29, 1.82) is 0 Å². The van der Waals surface area contributed by atoms with Crippen LogP contribution in [0.5, 0.6) is 5.75 Å². The summed E-state index contributed by atoms with van der Waals surface area (Å²) in [5.41, 5.74) is 0. The molecule has 0 fully saturated rings. The van der Waals surface area contributed by atoms with E-state index in [2.05, 4.69) is 28.1 Å². The van der Waals surface area contributed by atoms with Crippen LogP contribution in [0.2, 0.25) is 0 Å². The lowest BCUT2D eigenvalue weighted by Gasteiger charge is -2.29. The van der Waals surface area contributed by atoms with E-state index in [1.54, 1.807) is 11.3 Å². The van der Waals surface area contributed by atoms with Crippen molar-refractivity contribution < 1.29 is 13.5 Å². The first kappa shape index (κ1) is 20.7. The van der Waals surface area contributed by atoms with Crippen LogP contribution in [-0.4, -0.2) is 31.3 Å². The molecule has 0 amide bonds. The number of hydrogen-bond acceptors (Lipinski definition) is 7. The van der Waals surface area contributed by atoms with E-state index >= 15 is 0 Å². The average Bonchev–Trinajstić information content (AvgIpc) is 3.41. The molecule has 32 heavy (non-hydrogen) atoms. The van der Waals surface area contributed by atoms with Gasteiger partial charge in [-0.3, -0.25) is 0 Å². The lowest BCUT2D eigenvalue weighted by Crippen LogP contribution is -2.35. The maximum absolute atomic E-state index is 13.2. The summed E-state index contributed by atoms with van der Waals surface area (Å²) in [6.45, 7) is 3.68. The number of halogens is 2. The lowest BCUT2D eigenvalue weighted by atomic mass is 10.2. The third-order valence-corrected chi connectivity index (χ3v) is 6.44. The molecular weight excluding hydrogens is 434 g/mol. The van der Waals surface area contributed by atoms with Gasteiger partial charge in [-0.05, 0) is 24.6 Å². The summed E-state index contributed by atoms with van der Waals surface area (Å²) in [6.07, 6.45) is -0.616. The standard InChI is InChI=1S/C22H22F2N6OS/c1-2-6-15-11-16-20(29-9-10-30-18(12-29)27-28-21(30)19(23)24)25-17(26-22(16)32-15)13-31-14-7-4-3-5-8-14/h3-5,7-8,11,19H,2,6,9-10,12-13H2,1H3. The third-order valence-electron chi connectivity index (χ3n) is 5.35. The molecule has 1 aliphatic heterocycles. The molecular formula is C22H22F2N6OS. The zero-order valence-corrected chi connectivity index (χ0v) is 18.4. The van der Waals surface area contributed by atoms with E-state index in [1.165, 1.54) is 9.44 Å². The van der Waals surface area contributed by atoms with Crippen LogP contribution in [0.25, 0.3) is 10.2 Å². The Hall–Kier alpha value is -3.14. The van der Waals surface area contributed by atoms with Crippen molar-refractivity contribution in [2.45, 2.75) is 45.9 Å². The quantitative estimate of drug-likeness (QED) is 0.399. The molecule has 5 rings (SSSR count). The van der Waals surface area contributed by atoms with Crippen molar-refractivity contribution in [1.82, 2.24) is 24.7 Å². The second kappa shape index (κ2) is 8.78. The van der Waals surface area contributed by atoms with Crippen LogP contribution in [0.15, 0.2) is 36.4 Å². The van der Waals surface area contributed by atoms with Gasteiger partial charge in [-0.1, -0.05) is 31.5 Å². The first-order chi connectivity index (χ1) is 15.6. The Balaban J connectivity index is 1.48. The van der Waals surface area contributed by atoms with Gasteiger partial charge in [-0.25, -0.2) is 18.7 Å². The van der Waals surface area contributed by atoms with Gasteiger partial charge in [0.05, 0.1) is 11.9 Å². The highest BCUT2D eigenvalue weighted by Crippen LogP contribution is 2.34. The second-order valence-corrected chi connectivity index (χ2v) is 8.71. The summed E-state index contributed by atoms with van der Waals surface area (Å²) >= 11 is 1.66. The third kappa shape index (κ3) is 4.02. The maximum Gasteiger partial charge on any atom is 0.297 e. The molecule has 166 valence electrons. The molecule has 0 unspecified atom stereocenters. The van der Waals surface area contributed by atoms with Crippen LogP contribution in [0.3, 0.4) is 0 Å². The van der Waals surface area contributed by atoms with Crippen LogP contribution >= 0.6 is 11.3 Å². The molecule has 0 saturated carbocycles. The molecule has 0 spiro atoms. The lowest BCUT2D eigenvalue weighted by molar-refractivity contribution is 0.134. The van der Waals surface area contributed by atoms with Gasteiger partial charge >= 0.3 is 0 Å². The van der Waals surface area contributed by atoms with Crippen LogP contribution in [0.1, 0.15) is 42.1 Å². The fraction of sp³-hybridized carbons (Fsp3) is 0.364. The van der Waals surface area contributed by atoms with Crippen LogP contribution in [0, 0.1) is 0 Å². The number of thiophene rings is 1. The molecule has 7 nitrogen and oxygen atoms in total. The zero-order chi connectivity index (χ0) is 22.1. The number of ether oxygens (including phenoxy) is 1. The van der Waals surface area contributed by atoms with Crippen LogP contribution in [-0.2, 0) is 26.1 Å². The van der Waals surface area contributed by atoms with Crippen molar-refractivity contribution in [3.8, 4) is 5.75 Å². The predicted molar refractivity (Wildman–Crippen MR) is 118 cm³/mol. The minimum Gasteiger partial charge on any atom is -0.486 e. The molecule has 1 aromatic carbocycles. The molecule has 0 atom stereocenters. The normalized spacial score (nSPS) is 13.7. The minimum atomic E-state index is -2.64. The smallest absolute Gasteiger partial charge is 0.297 e. The minimum absolute atomic E-state index is 0.244. The molecule has 0 aliphatic carbocycles. The highest BCUT2D eigenvalue weighted by Gasteiger charge is 2.27. The Labute approximate surface area is 187 Å². The van der Waals surface area contributed by atoms with Crippen LogP contribution in [0.4, 0.5) is 14.6 Å². The number of nitrogens with zero attached hydrogens (tertiary/aromatic N) is 6. The summed E-state index contributed by atoms with van der Waals surface area (Å²) < 4.78 is 33.8. The molecule has 1 aliphatic rings. The van der Waals surface area contributed by atoms with Gasteiger partial charge in [0.1, 0.15) is 23.0 Å². The van der Waals surface area contributed by atoms with E-state index in [-0.39, 0.29) is 12.4 Å². The first-order valence-electron chi connectivity index (χ1n) is 10.5. The topological polar surface area (TPSA) is 69.0 Å². The molecule has 0 N–H and O–H groups in total. The van der Waals surface area contributed by atoms with Gasteiger partial charge < -0.3 is 14.2 Å². The summed E-state index contributed by atoms with van der Waals surface area (Å²) in [4.78, 5) is 13.8. The largest absolute Gasteiger partial charge is 0.486 e. The summed E-state index contributed by atoms with van der Waals surface area (Å²) in [5.74, 6) is 2.37. The molecule has 0 bridgehead atoms. The summed E-state index contributed by atoms with van der Waals surface area (Å²) in [5, 5.41) is 8.65. The zero-order valence-electron chi connectivity index (χ0n) is 17.5. The fourth-order valence-corrected chi connectivity index (χ4v) is 5.00. The molecule has 4 heterocycles. The van der Waals surface area contributed by atoms with E-state index < -0.39 is 6.43 Å². The number of para-hydroxylation sites is 1. The van der Waals surface area contributed by atoms with Crippen molar-refractivity contribution in [3.63, 3.8) is 0 Å². The highest BCUT2D eigenvalue weighted by molar-refractivity contribution is 7.18. The van der Waals surface area contributed by atoms with Crippen molar-refractivity contribution in [2.75, 3.05) is 11.4 Å². The number of fused-ring (bicyclic) bond motifs is 2. The van der Waals surface area contributed by atoms with E-state index in [0.29, 0.717) is 31.3 Å². The average molecular weight is 457 g/mol. The monoisotopic (exact) mass is 456 g/mol. The van der Waals surface area contributed by atoms with Gasteiger partial charge in [-0.15, -0.1) is 21.5 Å². The van der Waals surface area contributed by atoms with Crippen molar-refractivity contribution in [2.24, 2.45) is 0 Å². The van der Waals surface area contributed by atoms with E-state index in [1.807, 2.05) is 30.3 Å². The molecule has 4 aromatic rings. The Kier molecular flexibility index (Phi) is 5.69. The number of benzene rings is 1. The highest BCUT2D eigenvalue weighted by atomic mass is 32.1. The van der Waals surface area contributed by atoms with Gasteiger partial charge in [-0.2, -0.15) is 0 Å².